The topological polar surface area (TPSA) is 123 Å². The Labute approximate surface area is 114 Å². The molecule has 1 saturated heterocycles. The highest BCUT2D eigenvalue weighted by molar-refractivity contribution is 5.97. The van der Waals surface area contributed by atoms with Crippen LogP contribution in [0.3, 0.4) is 0 Å². The normalized spacial score (nSPS) is 18.9. The van der Waals surface area contributed by atoms with E-state index in [0.717, 1.165) is 0 Å². The SMILES string of the molecule is Cn1cc([N+](=O)[O-])cc1C(=O)N1CCNCC1C(N)=O. The van der Waals surface area contributed by atoms with Crippen molar-refractivity contribution in [3.8, 4) is 0 Å². The van der Waals surface area contributed by atoms with Crippen molar-refractivity contribution < 1.29 is 14.5 Å². The Morgan fingerprint density at radius 2 is 2.25 bits per heavy atom. The van der Waals surface area contributed by atoms with Crippen molar-refractivity contribution in [3.05, 3.63) is 28.1 Å². The molecule has 1 atom stereocenters. The van der Waals surface area contributed by atoms with E-state index < -0.39 is 22.8 Å². The minimum absolute atomic E-state index is 0.157. The summed E-state index contributed by atoms with van der Waals surface area (Å²) >= 11 is 0. The summed E-state index contributed by atoms with van der Waals surface area (Å²) in [5.41, 5.74) is 5.27. The summed E-state index contributed by atoms with van der Waals surface area (Å²) in [5, 5.41) is 13.7. The predicted molar refractivity (Wildman–Crippen MR) is 69.0 cm³/mol. The second kappa shape index (κ2) is 5.29. The van der Waals surface area contributed by atoms with Gasteiger partial charge in [-0.3, -0.25) is 19.7 Å². The third-order valence-corrected chi connectivity index (χ3v) is 3.25. The lowest BCUT2D eigenvalue weighted by atomic mass is 10.1. The van der Waals surface area contributed by atoms with Crippen molar-refractivity contribution in [2.45, 2.75) is 6.04 Å². The van der Waals surface area contributed by atoms with E-state index in [1.54, 1.807) is 7.05 Å². The third-order valence-electron chi connectivity index (χ3n) is 3.25. The van der Waals surface area contributed by atoms with E-state index in [2.05, 4.69) is 5.32 Å². The van der Waals surface area contributed by atoms with Gasteiger partial charge in [-0.15, -0.1) is 0 Å². The van der Waals surface area contributed by atoms with Gasteiger partial charge in [-0.1, -0.05) is 0 Å². The summed E-state index contributed by atoms with van der Waals surface area (Å²) < 4.78 is 1.38. The number of carbonyl (C=O) groups excluding carboxylic acids is 2. The van der Waals surface area contributed by atoms with Crippen LogP contribution in [-0.4, -0.2) is 51.9 Å². The summed E-state index contributed by atoms with van der Waals surface area (Å²) in [6.07, 6.45) is 1.26. The fourth-order valence-electron chi connectivity index (χ4n) is 2.21. The van der Waals surface area contributed by atoms with Gasteiger partial charge in [0.1, 0.15) is 11.7 Å². The van der Waals surface area contributed by atoms with E-state index in [0.29, 0.717) is 13.1 Å². The second-order valence-corrected chi connectivity index (χ2v) is 4.57. The molecule has 0 saturated carbocycles. The third kappa shape index (κ3) is 2.48. The molecule has 0 aromatic carbocycles. The molecule has 2 heterocycles. The molecule has 0 spiro atoms. The molecular formula is C11H15N5O4. The number of piperazine rings is 1. The molecule has 20 heavy (non-hydrogen) atoms. The minimum Gasteiger partial charge on any atom is -0.368 e. The minimum atomic E-state index is -0.745. The van der Waals surface area contributed by atoms with Gasteiger partial charge >= 0.3 is 0 Å². The molecule has 0 radical (unpaired) electrons. The smallest absolute Gasteiger partial charge is 0.287 e. The highest BCUT2D eigenvalue weighted by atomic mass is 16.6. The Morgan fingerprint density at radius 3 is 2.80 bits per heavy atom. The van der Waals surface area contributed by atoms with Crippen LogP contribution in [0.1, 0.15) is 10.5 Å². The van der Waals surface area contributed by atoms with E-state index >= 15 is 0 Å². The van der Waals surface area contributed by atoms with Gasteiger partial charge in [0.25, 0.3) is 11.6 Å². The van der Waals surface area contributed by atoms with E-state index in [9.17, 15) is 19.7 Å². The quantitative estimate of drug-likeness (QED) is 0.534. The molecule has 9 heteroatoms. The largest absolute Gasteiger partial charge is 0.368 e. The lowest BCUT2D eigenvalue weighted by Crippen LogP contribution is -2.58. The zero-order chi connectivity index (χ0) is 14.9. The fourth-order valence-corrected chi connectivity index (χ4v) is 2.21. The number of aromatic nitrogens is 1. The van der Waals surface area contributed by atoms with Gasteiger partial charge in [-0.2, -0.15) is 0 Å². The van der Waals surface area contributed by atoms with Crippen LogP contribution < -0.4 is 11.1 Å². The number of nitrogens with one attached hydrogen (secondary N) is 1. The van der Waals surface area contributed by atoms with Gasteiger partial charge in [0.2, 0.25) is 5.91 Å². The zero-order valence-corrected chi connectivity index (χ0v) is 10.9. The number of hydrogen-bond acceptors (Lipinski definition) is 5. The van der Waals surface area contributed by atoms with Gasteiger partial charge in [0, 0.05) is 32.7 Å². The molecule has 2 rings (SSSR count). The van der Waals surface area contributed by atoms with E-state index in [1.165, 1.54) is 21.7 Å². The van der Waals surface area contributed by atoms with Crippen LogP contribution in [0.25, 0.3) is 0 Å². The maximum absolute atomic E-state index is 12.4. The molecule has 1 aliphatic rings. The van der Waals surface area contributed by atoms with Crippen LogP contribution in [0.15, 0.2) is 12.3 Å². The number of hydrogen-bond donors (Lipinski definition) is 2. The number of amides is 2. The van der Waals surface area contributed by atoms with Crippen molar-refractivity contribution in [2.24, 2.45) is 12.8 Å². The molecule has 1 aromatic heterocycles. The Bertz CT molecular complexity index is 567. The van der Waals surface area contributed by atoms with Gasteiger partial charge in [0.15, 0.2) is 0 Å². The van der Waals surface area contributed by atoms with Crippen molar-refractivity contribution in [1.29, 1.82) is 0 Å². The summed E-state index contributed by atoms with van der Waals surface area (Å²) in [7, 11) is 1.54. The molecule has 1 aromatic rings. The van der Waals surface area contributed by atoms with Crippen molar-refractivity contribution in [3.63, 3.8) is 0 Å². The number of nitrogens with two attached hydrogens (primary N) is 1. The first-order valence-electron chi connectivity index (χ1n) is 6.03. The summed E-state index contributed by atoms with van der Waals surface area (Å²) in [5.74, 6) is -1.04. The van der Waals surface area contributed by atoms with Crippen LogP contribution in [0.2, 0.25) is 0 Å². The second-order valence-electron chi connectivity index (χ2n) is 4.57. The maximum atomic E-state index is 12.4. The summed E-state index contributed by atoms with van der Waals surface area (Å²) in [6.45, 7) is 1.15. The average molecular weight is 281 g/mol. The van der Waals surface area contributed by atoms with Gasteiger partial charge < -0.3 is 20.5 Å². The standard InChI is InChI=1S/C11H15N5O4/c1-14-6-7(16(19)20)4-8(14)11(18)15-3-2-13-5-9(15)10(12)17/h4,6,9,13H,2-3,5H2,1H3,(H2,12,17). The predicted octanol–water partition coefficient (Wildman–Crippen LogP) is -1.17. The highest BCUT2D eigenvalue weighted by Gasteiger charge is 2.33. The lowest BCUT2D eigenvalue weighted by Gasteiger charge is -2.34. The van der Waals surface area contributed by atoms with Crippen molar-refractivity contribution in [1.82, 2.24) is 14.8 Å². The molecule has 1 fully saturated rings. The van der Waals surface area contributed by atoms with Crippen LogP contribution in [0.5, 0.6) is 0 Å². The molecule has 1 unspecified atom stereocenters. The van der Waals surface area contributed by atoms with Crippen molar-refractivity contribution in [2.75, 3.05) is 19.6 Å². The number of carbonyl (C=O) groups is 2. The fraction of sp³-hybridized carbons (Fsp3) is 0.455. The molecule has 3 N–H and O–H groups in total. The number of primary amides is 1. The van der Waals surface area contributed by atoms with E-state index in [-0.39, 0.29) is 17.9 Å². The Hall–Kier alpha value is -2.42. The number of aryl methyl sites for hydroxylation is 1. The first kappa shape index (κ1) is 14.0. The molecule has 0 bridgehead atoms. The summed E-state index contributed by atoms with van der Waals surface area (Å²) in [6, 6.07) is 0.452. The number of nitrogens with zero attached hydrogens (tertiary/aromatic N) is 3. The van der Waals surface area contributed by atoms with Gasteiger partial charge in [0.05, 0.1) is 11.1 Å². The Kier molecular flexibility index (Phi) is 3.70. The molecule has 108 valence electrons. The molecule has 0 aliphatic carbocycles. The van der Waals surface area contributed by atoms with E-state index in [1.807, 2.05) is 0 Å². The number of rotatable bonds is 3. The maximum Gasteiger partial charge on any atom is 0.287 e. The van der Waals surface area contributed by atoms with Crippen LogP contribution >= 0.6 is 0 Å². The Morgan fingerprint density at radius 1 is 1.55 bits per heavy atom. The van der Waals surface area contributed by atoms with Crippen LogP contribution in [-0.2, 0) is 11.8 Å². The number of nitro groups is 1. The molecule has 1 aliphatic heterocycles. The van der Waals surface area contributed by atoms with Gasteiger partial charge in [-0.25, -0.2) is 0 Å². The zero-order valence-electron chi connectivity index (χ0n) is 10.9. The lowest BCUT2D eigenvalue weighted by molar-refractivity contribution is -0.384. The highest BCUT2D eigenvalue weighted by Crippen LogP contribution is 2.18. The summed E-state index contributed by atoms with van der Waals surface area (Å²) in [4.78, 5) is 35.3. The first-order chi connectivity index (χ1) is 9.41. The Balaban J connectivity index is 2.29. The average Bonchev–Trinajstić information content (AvgIpc) is 2.80. The van der Waals surface area contributed by atoms with Crippen LogP contribution in [0, 0.1) is 10.1 Å². The van der Waals surface area contributed by atoms with Gasteiger partial charge in [-0.05, 0) is 0 Å². The van der Waals surface area contributed by atoms with Crippen molar-refractivity contribution >= 4 is 17.5 Å². The molecule has 9 nitrogen and oxygen atoms in total. The van der Waals surface area contributed by atoms with E-state index in [4.69, 9.17) is 5.73 Å². The molecular weight excluding hydrogens is 266 g/mol. The van der Waals surface area contributed by atoms with Crippen LogP contribution in [0.4, 0.5) is 5.69 Å². The molecule has 2 amide bonds. The monoisotopic (exact) mass is 281 g/mol. The first-order valence-corrected chi connectivity index (χ1v) is 6.03.